The van der Waals surface area contributed by atoms with E-state index in [1.54, 1.807) is 47.4 Å². The summed E-state index contributed by atoms with van der Waals surface area (Å²) < 4.78 is 11.5. The fraction of sp³-hybridized carbons (Fsp3) is 0.250. The monoisotopic (exact) mass is 479 g/mol. The molecule has 3 rings (SSSR count). The van der Waals surface area contributed by atoms with E-state index < -0.39 is 5.91 Å². The molecule has 2 aromatic carbocycles. The summed E-state index contributed by atoms with van der Waals surface area (Å²) in [4.78, 5) is 26.0. The van der Waals surface area contributed by atoms with Gasteiger partial charge in [0.25, 0.3) is 11.8 Å². The number of carbonyl (C=O) groups is 2. The van der Waals surface area contributed by atoms with Crippen molar-refractivity contribution in [2.75, 3.05) is 32.9 Å². The van der Waals surface area contributed by atoms with Crippen LogP contribution in [-0.2, 0) is 9.53 Å². The molecule has 0 radical (unpaired) electrons. The minimum atomic E-state index is -0.396. The Morgan fingerprint density at radius 2 is 2.00 bits per heavy atom. The lowest BCUT2D eigenvalue weighted by molar-refractivity contribution is -0.137. The highest BCUT2D eigenvalue weighted by Crippen LogP contribution is 2.25. The van der Waals surface area contributed by atoms with Crippen LogP contribution in [0.4, 0.5) is 0 Å². The molecule has 0 atom stereocenters. The highest BCUT2D eigenvalue weighted by atomic mass is 79.9. The number of morpholine rings is 1. The quantitative estimate of drug-likeness (QED) is 0.509. The van der Waals surface area contributed by atoms with Gasteiger partial charge in [-0.15, -0.1) is 0 Å². The van der Waals surface area contributed by atoms with Crippen molar-refractivity contribution in [1.29, 1.82) is 0 Å². The molecule has 0 saturated carbocycles. The number of nitrogens with zero attached hydrogens (tertiary/aromatic N) is 2. The van der Waals surface area contributed by atoms with E-state index in [0.29, 0.717) is 47.1 Å². The van der Waals surface area contributed by atoms with Crippen molar-refractivity contribution in [3.05, 3.63) is 63.1 Å². The predicted molar refractivity (Wildman–Crippen MR) is 114 cm³/mol. The van der Waals surface area contributed by atoms with Gasteiger partial charge in [0.15, 0.2) is 6.61 Å². The van der Waals surface area contributed by atoms with Crippen LogP contribution in [0.15, 0.2) is 52.0 Å². The number of nitrogens with one attached hydrogen (secondary N) is 1. The van der Waals surface area contributed by atoms with Crippen molar-refractivity contribution in [1.82, 2.24) is 10.3 Å². The zero-order valence-electron chi connectivity index (χ0n) is 15.4. The first-order valence-corrected chi connectivity index (χ1v) is 10.1. The SMILES string of the molecule is O=C(NN=Cc1ccc(OCC(=O)N2CCOCC2)c(Br)c1)c1ccccc1Cl. The second-order valence-corrected chi connectivity index (χ2v) is 7.41. The van der Waals surface area contributed by atoms with E-state index >= 15 is 0 Å². The van der Waals surface area contributed by atoms with Gasteiger partial charge in [-0.1, -0.05) is 23.7 Å². The second-order valence-electron chi connectivity index (χ2n) is 6.15. The molecule has 1 aliphatic heterocycles. The molecule has 0 unspecified atom stereocenters. The third-order valence-electron chi connectivity index (χ3n) is 4.17. The van der Waals surface area contributed by atoms with Crippen LogP contribution in [0.2, 0.25) is 5.02 Å². The van der Waals surface area contributed by atoms with E-state index in [4.69, 9.17) is 21.1 Å². The predicted octanol–water partition coefficient (Wildman–Crippen LogP) is 3.10. The third kappa shape index (κ3) is 6.03. The molecule has 1 heterocycles. The standard InChI is InChI=1S/C20H19BrClN3O4/c21-16-11-14(12-23-24-20(27)15-3-1-2-4-17(15)22)5-6-18(16)29-13-19(26)25-7-9-28-10-8-25/h1-6,11-12H,7-10,13H2,(H,24,27). The van der Waals surface area contributed by atoms with Gasteiger partial charge in [0.05, 0.1) is 34.5 Å². The fourth-order valence-electron chi connectivity index (χ4n) is 2.63. The number of rotatable bonds is 6. The number of ether oxygens (including phenoxy) is 2. The van der Waals surface area contributed by atoms with E-state index in [2.05, 4.69) is 26.5 Å². The van der Waals surface area contributed by atoms with Crippen molar-refractivity contribution in [2.45, 2.75) is 0 Å². The molecule has 1 saturated heterocycles. The maximum atomic E-state index is 12.2. The lowest BCUT2D eigenvalue weighted by atomic mass is 10.2. The smallest absolute Gasteiger partial charge is 0.272 e. The Balaban J connectivity index is 1.53. The van der Waals surface area contributed by atoms with Crippen molar-refractivity contribution < 1.29 is 19.1 Å². The van der Waals surface area contributed by atoms with Crippen LogP contribution in [0.1, 0.15) is 15.9 Å². The number of hydrazone groups is 1. The summed E-state index contributed by atoms with van der Waals surface area (Å²) in [6.07, 6.45) is 1.50. The molecule has 0 bridgehead atoms. The second kappa shape index (κ2) is 10.4. The zero-order chi connectivity index (χ0) is 20.6. The molecule has 1 fully saturated rings. The summed E-state index contributed by atoms with van der Waals surface area (Å²) in [5, 5.41) is 4.31. The van der Waals surface area contributed by atoms with E-state index in [1.807, 2.05) is 0 Å². The molecular weight excluding hydrogens is 462 g/mol. The number of benzene rings is 2. The number of hydrogen-bond donors (Lipinski definition) is 1. The molecule has 2 aromatic rings. The van der Waals surface area contributed by atoms with Crippen LogP contribution in [0.5, 0.6) is 5.75 Å². The molecule has 0 aliphatic carbocycles. The maximum Gasteiger partial charge on any atom is 0.272 e. The highest BCUT2D eigenvalue weighted by Gasteiger charge is 2.17. The van der Waals surface area contributed by atoms with E-state index in [-0.39, 0.29) is 12.5 Å². The Kier molecular flexibility index (Phi) is 7.62. The Labute approximate surface area is 181 Å². The van der Waals surface area contributed by atoms with Crippen LogP contribution in [-0.4, -0.2) is 55.8 Å². The van der Waals surface area contributed by atoms with Crippen molar-refractivity contribution in [2.24, 2.45) is 5.10 Å². The number of carbonyl (C=O) groups excluding carboxylic acids is 2. The van der Waals surface area contributed by atoms with E-state index in [9.17, 15) is 9.59 Å². The van der Waals surface area contributed by atoms with Gasteiger partial charge >= 0.3 is 0 Å². The molecule has 0 spiro atoms. The van der Waals surface area contributed by atoms with Gasteiger partial charge in [0.2, 0.25) is 0 Å². The molecule has 29 heavy (non-hydrogen) atoms. The third-order valence-corrected chi connectivity index (χ3v) is 5.12. The number of hydrogen-bond acceptors (Lipinski definition) is 5. The van der Waals surface area contributed by atoms with E-state index in [1.165, 1.54) is 6.21 Å². The van der Waals surface area contributed by atoms with Gasteiger partial charge in [-0.05, 0) is 51.8 Å². The van der Waals surface area contributed by atoms with Crippen LogP contribution in [0.25, 0.3) is 0 Å². The van der Waals surface area contributed by atoms with Crippen molar-refractivity contribution >= 4 is 45.6 Å². The summed E-state index contributed by atoms with van der Waals surface area (Å²) in [7, 11) is 0. The van der Waals surface area contributed by atoms with Crippen LogP contribution in [0.3, 0.4) is 0 Å². The topological polar surface area (TPSA) is 80.2 Å². The lowest BCUT2D eigenvalue weighted by Gasteiger charge is -2.26. The summed E-state index contributed by atoms with van der Waals surface area (Å²) in [5.74, 6) is 0.0736. The highest BCUT2D eigenvalue weighted by molar-refractivity contribution is 9.10. The normalized spacial score (nSPS) is 14.1. The number of amides is 2. The Hall–Kier alpha value is -2.42. The first-order valence-electron chi connectivity index (χ1n) is 8.90. The largest absolute Gasteiger partial charge is 0.483 e. The van der Waals surface area contributed by atoms with Crippen molar-refractivity contribution in [3.8, 4) is 5.75 Å². The van der Waals surface area contributed by atoms with Gasteiger partial charge in [-0.3, -0.25) is 9.59 Å². The molecule has 152 valence electrons. The Bertz CT molecular complexity index is 916. The average Bonchev–Trinajstić information content (AvgIpc) is 2.74. The number of halogens is 2. The first-order chi connectivity index (χ1) is 14.0. The van der Waals surface area contributed by atoms with E-state index in [0.717, 1.165) is 5.56 Å². The molecule has 1 aliphatic rings. The first kappa shape index (κ1) is 21.3. The van der Waals surface area contributed by atoms with Gasteiger partial charge < -0.3 is 14.4 Å². The summed E-state index contributed by atoms with van der Waals surface area (Å²) in [5.41, 5.74) is 3.53. The van der Waals surface area contributed by atoms with Gasteiger partial charge in [0, 0.05) is 13.1 Å². The van der Waals surface area contributed by atoms with Gasteiger partial charge in [-0.2, -0.15) is 5.10 Å². The zero-order valence-corrected chi connectivity index (χ0v) is 17.8. The summed E-state index contributed by atoms with van der Waals surface area (Å²) >= 11 is 9.41. The minimum Gasteiger partial charge on any atom is -0.483 e. The molecule has 0 aromatic heterocycles. The van der Waals surface area contributed by atoms with Gasteiger partial charge in [0.1, 0.15) is 5.75 Å². The summed E-state index contributed by atoms with van der Waals surface area (Å²) in [6, 6.07) is 12.0. The van der Waals surface area contributed by atoms with Crippen LogP contribution < -0.4 is 10.2 Å². The Morgan fingerprint density at radius 1 is 1.24 bits per heavy atom. The van der Waals surface area contributed by atoms with Gasteiger partial charge in [-0.25, -0.2) is 5.43 Å². The molecule has 9 heteroatoms. The van der Waals surface area contributed by atoms with Crippen LogP contribution >= 0.6 is 27.5 Å². The Morgan fingerprint density at radius 3 is 2.72 bits per heavy atom. The minimum absolute atomic E-state index is 0.0417. The maximum absolute atomic E-state index is 12.2. The molecule has 2 amide bonds. The van der Waals surface area contributed by atoms with Crippen molar-refractivity contribution in [3.63, 3.8) is 0 Å². The van der Waals surface area contributed by atoms with Crippen LogP contribution in [0, 0.1) is 0 Å². The average molecular weight is 481 g/mol. The molecular formula is C20H19BrClN3O4. The summed E-state index contributed by atoms with van der Waals surface area (Å²) in [6.45, 7) is 2.23. The molecule has 1 N–H and O–H groups in total. The molecule has 7 nitrogen and oxygen atoms in total. The fourth-order valence-corrected chi connectivity index (χ4v) is 3.36. The lowest BCUT2D eigenvalue weighted by Crippen LogP contribution is -2.43.